The van der Waals surface area contributed by atoms with Gasteiger partial charge in [0.05, 0.1) is 30.8 Å². The standard InChI is InChI=1S/C14H21ClN2O3/c1-8(2)9(7-16)14(18)17-11-5-10(15)12(19-3)6-13(11)20-4/h5-6,8-9H,7,16H2,1-4H3,(H,17,18). The maximum absolute atomic E-state index is 12.2. The van der Waals surface area contributed by atoms with Gasteiger partial charge in [0.15, 0.2) is 0 Å². The van der Waals surface area contributed by atoms with Crippen molar-refractivity contribution in [1.29, 1.82) is 0 Å². The normalized spacial score (nSPS) is 12.2. The van der Waals surface area contributed by atoms with Gasteiger partial charge < -0.3 is 20.5 Å². The van der Waals surface area contributed by atoms with Crippen LogP contribution in [0.3, 0.4) is 0 Å². The number of carbonyl (C=O) groups excluding carboxylic acids is 1. The predicted molar refractivity (Wildman–Crippen MR) is 80.6 cm³/mol. The highest BCUT2D eigenvalue weighted by atomic mass is 35.5. The van der Waals surface area contributed by atoms with E-state index in [0.29, 0.717) is 22.2 Å². The highest BCUT2D eigenvalue weighted by molar-refractivity contribution is 6.32. The first-order chi connectivity index (χ1) is 9.44. The van der Waals surface area contributed by atoms with E-state index in [2.05, 4.69) is 5.32 Å². The Kier molecular flexibility index (Phi) is 6.10. The van der Waals surface area contributed by atoms with E-state index in [1.54, 1.807) is 12.1 Å². The molecule has 1 amide bonds. The Morgan fingerprint density at radius 3 is 2.35 bits per heavy atom. The summed E-state index contributed by atoms with van der Waals surface area (Å²) in [4.78, 5) is 12.2. The fraction of sp³-hybridized carbons (Fsp3) is 0.500. The third kappa shape index (κ3) is 3.77. The van der Waals surface area contributed by atoms with Crippen molar-refractivity contribution in [2.75, 3.05) is 26.1 Å². The summed E-state index contributed by atoms with van der Waals surface area (Å²) >= 11 is 6.06. The number of rotatable bonds is 6. The number of benzene rings is 1. The zero-order valence-corrected chi connectivity index (χ0v) is 13.0. The minimum Gasteiger partial charge on any atom is -0.495 e. The molecule has 0 radical (unpaired) electrons. The number of carbonyl (C=O) groups is 1. The van der Waals surface area contributed by atoms with Crippen LogP contribution < -0.4 is 20.5 Å². The van der Waals surface area contributed by atoms with Crippen LogP contribution in [0, 0.1) is 11.8 Å². The van der Waals surface area contributed by atoms with Crippen LogP contribution in [-0.4, -0.2) is 26.7 Å². The molecule has 112 valence electrons. The largest absolute Gasteiger partial charge is 0.495 e. The molecule has 0 saturated heterocycles. The number of halogens is 1. The number of hydrogen-bond donors (Lipinski definition) is 2. The quantitative estimate of drug-likeness (QED) is 0.846. The molecule has 0 aliphatic rings. The summed E-state index contributed by atoms with van der Waals surface area (Å²) in [6, 6.07) is 3.23. The third-order valence-electron chi connectivity index (χ3n) is 3.13. The molecule has 1 rings (SSSR count). The van der Waals surface area contributed by atoms with Gasteiger partial charge in [-0.2, -0.15) is 0 Å². The molecule has 0 heterocycles. The summed E-state index contributed by atoms with van der Waals surface area (Å²) in [6.45, 7) is 4.19. The van der Waals surface area contributed by atoms with Gasteiger partial charge in [0.1, 0.15) is 11.5 Å². The molecule has 0 aromatic heterocycles. The Hall–Kier alpha value is -1.46. The molecule has 0 saturated carbocycles. The van der Waals surface area contributed by atoms with E-state index in [0.717, 1.165) is 0 Å². The van der Waals surface area contributed by atoms with Gasteiger partial charge >= 0.3 is 0 Å². The van der Waals surface area contributed by atoms with Gasteiger partial charge in [0.25, 0.3) is 0 Å². The molecular weight excluding hydrogens is 280 g/mol. The molecule has 0 aliphatic carbocycles. The van der Waals surface area contributed by atoms with Crippen LogP contribution in [-0.2, 0) is 4.79 Å². The molecule has 0 spiro atoms. The fourth-order valence-electron chi connectivity index (χ4n) is 1.87. The minimum atomic E-state index is -0.263. The summed E-state index contributed by atoms with van der Waals surface area (Å²) in [7, 11) is 3.03. The molecule has 0 fully saturated rings. The average Bonchev–Trinajstić information content (AvgIpc) is 2.39. The van der Waals surface area contributed by atoms with Gasteiger partial charge in [-0.15, -0.1) is 0 Å². The van der Waals surface area contributed by atoms with E-state index in [-0.39, 0.29) is 24.3 Å². The Labute approximate surface area is 124 Å². The van der Waals surface area contributed by atoms with Gasteiger partial charge in [-0.25, -0.2) is 0 Å². The van der Waals surface area contributed by atoms with E-state index in [9.17, 15) is 4.79 Å². The number of ether oxygens (including phenoxy) is 2. The molecule has 3 N–H and O–H groups in total. The molecule has 1 atom stereocenters. The van der Waals surface area contributed by atoms with E-state index in [1.807, 2.05) is 13.8 Å². The Balaban J connectivity index is 3.02. The highest BCUT2D eigenvalue weighted by Gasteiger charge is 2.22. The second-order valence-electron chi connectivity index (χ2n) is 4.76. The van der Waals surface area contributed by atoms with Crippen molar-refractivity contribution >= 4 is 23.2 Å². The van der Waals surface area contributed by atoms with Crippen LogP contribution in [0.15, 0.2) is 12.1 Å². The zero-order valence-electron chi connectivity index (χ0n) is 12.2. The number of nitrogens with one attached hydrogen (secondary N) is 1. The average molecular weight is 301 g/mol. The minimum absolute atomic E-state index is 0.151. The monoisotopic (exact) mass is 300 g/mol. The molecule has 1 unspecified atom stereocenters. The number of anilines is 1. The van der Waals surface area contributed by atoms with Gasteiger partial charge in [0.2, 0.25) is 5.91 Å². The Bertz CT molecular complexity index is 478. The summed E-state index contributed by atoms with van der Waals surface area (Å²) in [5.41, 5.74) is 6.14. The number of nitrogens with two attached hydrogens (primary N) is 1. The first-order valence-corrected chi connectivity index (χ1v) is 6.74. The molecule has 0 bridgehead atoms. The lowest BCUT2D eigenvalue weighted by Crippen LogP contribution is -2.33. The van der Waals surface area contributed by atoms with E-state index in [4.69, 9.17) is 26.8 Å². The summed E-state index contributed by atoms with van der Waals surface area (Å²) in [5, 5.41) is 3.20. The number of amides is 1. The van der Waals surface area contributed by atoms with Crippen molar-refractivity contribution < 1.29 is 14.3 Å². The van der Waals surface area contributed by atoms with Gasteiger partial charge in [-0.05, 0) is 12.0 Å². The molecule has 5 nitrogen and oxygen atoms in total. The van der Waals surface area contributed by atoms with E-state index < -0.39 is 0 Å². The Morgan fingerprint density at radius 2 is 1.90 bits per heavy atom. The van der Waals surface area contributed by atoms with Gasteiger partial charge in [-0.3, -0.25) is 4.79 Å². The maximum atomic E-state index is 12.2. The Morgan fingerprint density at radius 1 is 1.30 bits per heavy atom. The summed E-state index contributed by atoms with van der Waals surface area (Å²) < 4.78 is 10.3. The van der Waals surface area contributed by atoms with Crippen molar-refractivity contribution in [2.24, 2.45) is 17.6 Å². The van der Waals surface area contributed by atoms with Crippen LogP contribution in [0.25, 0.3) is 0 Å². The molecule has 6 heteroatoms. The predicted octanol–water partition coefficient (Wildman–Crippen LogP) is 2.53. The smallest absolute Gasteiger partial charge is 0.229 e. The molecule has 20 heavy (non-hydrogen) atoms. The lowest BCUT2D eigenvalue weighted by molar-refractivity contribution is -0.120. The van der Waals surface area contributed by atoms with Gasteiger partial charge in [-0.1, -0.05) is 25.4 Å². The number of hydrogen-bond acceptors (Lipinski definition) is 4. The van der Waals surface area contributed by atoms with Crippen molar-refractivity contribution in [3.63, 3.8) is 0 Å². The second kappa shape index (κ2) is 7.36. The highest BCUT2D eigenvalue weighted by Crippen LogP contribution is 2.36. The first-order valence-electron chi connectivity index (χ1n) is 6.37. The topological polar surface area (TPSA) is 73.6 Å². The van der Waals surface area contributed by atoms with Crippen molar-refractivity contribution in [2.45, 2.75) is 13.8 Å². The van der Waals surface area contributed by atoms with Crippen molar-refractivity contribution in [3.05, 3.63) is 17.2 Å². The van der Waals surface area contributed by atoms with Crippen LogP contribution in [0.5, 0.6) is 11.5 Å². The first kappa shape index (κ1) is 16.6. The van der Waals surface area contributed by atoms with Crippen LogP contribution >= 0.6 is 11.6 Å². The summed E-state index contributed by atoms with van der Waals surface area (Å²) in [6.07, 6.45) is 0. The number of methoxy groups -OCH3 is 2. The summed E-state index contributed by atoms with van der Waals surface area (Å²) in [5.74, 6) is 0.710. The molecule has 0 aliphatic heterocycles. The van der Waals surface area contributed by atoms with Crippen LogP contribution in [0.4, 0.5) is 5.69 Å². The molecule has 1 aromatic rings. The van der Waals surface area contributed by atoms with Crippen LogP contribution in [0.2, 0.25) is 5.02 Å². The molecular formula is C14H21ClN2O3. The maximum Gasteiger partial charge on any atom is 0.229 e. The van der Waals surface area contributed by atoms with Crippen LogP contribution in [0.1, 0.15) is 13.8 Å². The lowest BCUT2D eigenvalue weighted by Gasteiger charge is -2.19. The lowest BCUT2D eigenvalue weighted by atomic mass is 9.95. The van der Waals surface area contributed by atoms with Crippen molar-refractivity contribution in [3.8, 4) is 11.5 Å². The third-order valence-corrected chi connectivity index (χ3v) is 3.42. The van der Waals surface area contributed by atoms with E-state index in [1.165, 1.54) is 14.2 Å². The molecule has 1 aromatic carbocycles. The van der Waals surface area contributed by atoms with Crippen molar-refractivity contribution in [1.82, 2.24) is 0 Å². The van der Waals surface area contributed by atoms with Gasteiger partial charge in [0, 0.05) is 12.6 Å². The fourth-order valence-corrected chi connectivity index (χ4v) is 2.11. The zero-order chi connectivity index (χ0) is 15.3. The SMILES string of the molecule is COc1cc(OC)c(NC(=O)C(CN)C(C)C)cc1Cl. The van der Waals surface area contributed by atoms with E-state index >= 15 is 0 Å². The second-order valence-corrected chi connectivity index (χ2v) is 5.17.